The van der Waals surface area contributed by atoms with Crippen molar-refractivity contribution in [1.82, 2.24) is 0 Å². The Kier molecular flexibility index (Phi) is 5.09. The van der Waals surface area contributed by atoms with Gasteiger partial charge in [0.2, 0.25) is 0 Å². The number of thioether (sulfide) groups is 1. The minimum absolute atomic E-state index is 0.0694. The second-order valence-corrected chi connectivity index (χ2v) is 6.51. The lowest BCUT2D eigenvalue weighted by molar-refractivity contribution is -0.132. The van der Waals surface area contributed by atoms with Crippen molar-refractivity contribution in [2.24, 2.45) is 0 Å². The molecule has 128 valence electrons. The zero-order chi connectivity index (χ0) is 17.8. The maximum atomic E-state index is 12.3. The molecule has 2 aromatic rings. The minimum Gasteiger partial charge on any atom is -0.506 e. The standard InChI is InChI=1S/C19H16O5S/c20-15-10-16(13-8-4-5-9-14(13)18(21)22)24-19(23)17(15)25-11-12-6-2-1-3-7-12/h1-4,6-8,10,20H,5,9,11H2,(H,21,22). The molecule has 0 spiro atoms. The maximum Gasteiger partial charge on any atom is 0.353 e. The molecule has 1 heterocycles. The molecule has 0 saturated carbocycles. The monoisotopic (exact) mass is 356 g/mol. The van der Waals surface area contributed by atoms with E-state index in [1.54, 1.807) is 6.08 Å². The van der Waals surface area contributed by atoms with Gasteiger partial charge in [-0.2, -0.15) is 0 Å². The van der Waals surface area contributed by atoms with Crippen molar-refractivity contribution >= 4 is 23.3 Å². The molecule has 6 heteroatoms. The van der Waals surface area contributed by atoms with Gasteiger partial charge >= 0.3 is 11.6 Å². The van der Waals surface area contributed by atoms with Crippen LogP contribution in [0.3, 0.4) is 0 Å². The van der Waals surface area contributed by atoms with E-state index in [2.05, 4.69) is 0 Å². The third-order valence-corrected chi connectivity index (χ3v) is 4.95. The number of hydrogen-bond donors (Lipinski definition) is 2. The van der Waals surface area contributed by atoms with Crippen LogP contribution < -0.4 is 5.63 Å². The molecule has 0 amide bonds. The predicted molar refractivity (Wildman–Crippen MR) is 95.6 cm³/mol. The van der Waals surface area contributed by atoms with Gasteiger partial charge in [-0.05, 0) is 18.4 Å². The summed E-state index contributed by atoms with van der Waals surface area (Å²) in [7, 11) is 0. The molecule has 0 unspecified atom stereocenters. The van der Waals surface area contributed by atoms with E-state index in [0.717, 1.165) is 5.56 Å². The molecule has 0 aliphatic heterocycles. The molecule has 25 heavy (non-hydrogen) atoms. The lowest BCUT2D eigenvalue weighted by atomic mass is 9.96. The number of hydrogen-bond acceptors (Lipinski definition) is 5. The van der Waals surface area contributed by atoms with Crippen LogP contribution in [0.2, 0.25) is 0 Å². The molecule has 1 aliphatic rings. The van der Waals surface area contributed by atoms with Crippen molar-refractivity contribution in [3.05, 3.63) is 75.9 Å². The Balaban J connectivity index is 1.91. The lowest BCUT2D eigenvalue weighted by Crippen LogP contribution is -2.09. The van der Waals surface area contributed by atoms with Crippen LogP contribution in [-0.2, 0) is 10.5 Å². The van der Waals surface area contributed by atoms with Crippen LogP contribution in [0.25, 0.3) is 5.57 Å². The zero-order valence-corrected chi connectivity index (χ0v) is 14.1. The summed E-state index contributed by atoms with van der Waals surface area (Å²) in [6.45, 7) is 0. The van der Waals surface area contributed by atoms with Crippen LogP contribution in [0.1, 0.15) is 24.2 Å². The van der Waals surface area contributed by atoms with Gasteiger partial charge in [-0.3, -0.25) is 0 Å². The molecule has 2 N–H and O–H groups in total. The molecule has 3 rings (SSSR count). The average Bonchev–Trinajstić information content (AvgIpc) is 2.61. The summed E-state index contributed by atoms with van der Waals surface area (Å²) in [4.78, 5) is 23.7. The van der Waals surface area contributed by atoms with Crippen LogP contribution in [0, 0.1) is 0 Å². The molecule has 5 nitrogen and oxygen atoms in total. The van der Waals surface area contributed by atoms with Crippen molar-refractivity contribution in [1.29, 1.82) is 0 Å². The largest absolute Gasteiger partial charge is 0.506 e. The van der Waals surface area contributed by atoms with E-state index >= 15 is 0 Å². The number of allylic oxidation sites excluding steroid dienone is 3. The molecule has 1 aromatic carbocycles. The van der Waals surface area contributed by atoms with E-state index in [1.807, 2.05) is 36.4 Å². The Morgan fingerprint density at radius 2 is 2.00 bits per heavy atom. The molecule has 0 bridgehead atoms. The quantitative estimate of drug-likeness (QED) is 0.792. The Labute approximate surface area is 148 Å². The van der Waals surface area contributed by atoms with Gasteiger partial charge in [0.15, 0.2) is 0 Å². The third kappa shape index (κ3) is 3.85. The van der Waals surface area contributed by atoms with Crippen LogP contribution in [0.15, 0.2) is 68.2 Å². The summed E-state index contributed by atoms with van der Waals surface area (Å²) >= 11 is 1.18. The number of carboxylic acids is 1. The highest BCUT2D eigenvalue weighted by Crippen LogP contribution is 2.33. The molecule has 0 radical (unpaired) electrons. The fraction of sp³-hybridized carbons (Fsp3) is 0.158. The zero-order valence-electron chi connectivity index (χ0n) is 13.3. The number of rotatable bonds is 5. The van der Waals surface area contributed by atoms with Crippen molar-refractivity contribution in [3.63, 3.8) is 0 Å². The number of carbonyl (C=O) groups is 1. The highest BCUT2D eigenvalue weighted by Gasteiger charge is 2.21. The molecule has 1 aromatic heterocycles. The summed E-state index contributed by atoms with van der Waals surface area (Å²) < 4.78 is 5.29. The summed E-state index contributed by atoms with van der Waals surface area (Å²) in [6, 6.07) is 10.9. The summed E-state index contributed by atoms with van der Waals surface area (Å²) in [5.74, 6) is -0.672. The van der Waals surface area contributed by atoms with Gasteiger partial charge < -0.3 is 14.6 Å². The van der Waals surface area contributed by atoms with Gasteiger partial charge in [-0.1, -0.05) is 42.5 Å². The minimum atomic E-state index is -1.05. The van der Waals surface area contributed by atoms with E-state index < -0.39 is 11.6 Å². The second-order valence-electron chi connectivity index (χ2n) is 5.53. The highest BCUT2D eigenvalue weighted by atomic mass is 32.2. The second kappa shape index (κ2) is 7.44. The summed E-state index contributed by atoms with van der Waals surface area (Å²) in [6.07, 6.45) is 4.40. The number of carboxylic acid groups (broad SMARTS) is 1. The van der Waals surface area contributed by atoms with Crippen LogP contribution in [0.4, 0.5) is 0 Å². The molecule has 0 atom stereocenters. The van der Waals surface area contributed by atoms with Gasteiger partial charge in [0, 0.05) is 23.0 Å². The third-order valence-electron chi connectivity index (χ3n) is 3.81. The van der Waals surface area contributed by atoms with Crippen LogP contribution in [0.5, 0.6) is 5.75 Å². The first-order chi connectivity index (χ1) is 12.1. The van der Waals surface area contributed by atoms with Gasteiger partial charge in [0.25, 0.3) is 0 Å². The fourth-order valence-electron chi connectivity index (χ4n) is 2.58. The van der Waals surface area contributed by atoms with Gasteiger partial charge in [0.05, 0.1) is 0 Å². The van der Waals surface area contributed by atoms with E-state index in [9.17, 15) is 19.8 Å². The molecular formula is C19H16O5S. The van der Waals surface area contributed by atoms with E-state index in [0.29, 0.717) is 24.2 Å². The number of aromatic hydroxyl groups is 1. The molecular weight excluding hydrogens is 340 g/mol. The first kappa shape index (κ1) is 17.1. The first-order valence-corrected chi connectivity index (χ1v) is 8.72. The predicted octanol–water partition coefficient (Wildman–Crippen LogP) is 3.83. The van der Waals surface area contributed by atoms with Crippen LogP contribution in [-0.4, -0.2) is 16.2 Å². The SMILES string of the molecule is O=C(O)C1=C(c2cc(O)c(SCc3ccccc3)c(=O)o2)C=CCC1. The topological polar surface area (TPSA) is 87.7 Å². The Morgan fingerprint density at radius 1 is 1.24 bits per heavy atom. The molecule has 1 aliphatic carbocycles. The highest BCUT2D eigenvalue weighted by molar-refractivity contribution is 7.98. The summed E-state index contributed by atoms with van der Waals surface area (Å²) in [5.41, 5.74) is 0.842. The fourth-order valence-corrected chi connectivity index (χ4v) is 3.45. The van der Waals surface area contributed by atoms with Crippen LogP contribution >= 0.6 is 11.8 Å². The number of benzene rings is 1. The normalized spacial score (nSPS) is 13.9. The van der Waals surface area contributed by atoms with Crippen molar-refractivity contribution in [2.45, 2.75) is 23.5 Å². The van der Waals surface area contributed by atoms with E-state index in [1.165, 1.54) is 17.8 Å². The first-order valence-electron chi connectivity index (χ1n) is 7.73. The molecule has 0 fully saturated rings. The Morgan fingerprint density at radius 3 is 2.68 bits per heavy atom. The molecule has 0 saturated heterocycles. The van der Waals surface area contributed by atoms with E-state index in [-0.39, 0.29) is 22.0 Å². The average molecular weight is 356 g/mol. The van der Waals surface area contributed by atoms with Gasteiger partial charge in [0.1, 0.15) is 16.4 Å². The smallest absolute Gasteiger partial charge is 0.353 e. The maximum absolute atomic E-state index is 12.3. The Bertz CT molecular complexity index is 909. The lowest BCUT2D eigenvalue weighted by Gasteiger charge is -2.12. The van der Waals surface area contributed by atoms with Gasteiger partial charge in [-0.15, -0.1) is 11.8 Å². The summed E-state index contributed by atoms with van der Waals surface area (Å²) in [5, 5.41) is 19.5. The van der Waals surface area contributed by atoms with E-state index in [4.69, 9.17) is 4.42 Å². The van der Waals surface area contributed by atoms with Crippen molar-refractivity contribution in [2.75, 3.05) is 0 Å². The number of aliphatic carboxylic acids is 1. The Hall–Kier alpha value is -2.73. The van der Waals surface area contributed by atoms with Crippen molar-refractivity contribution in [3.8, 4) is 5.75 Å². The van der Waals surface area contributed by atoms with Gasteiger partial charge in [-0.25, -0.2) is 9.59 Å². The van der Waals surface area contributed by atoms with Crippen molar-refractivity contribution < 1.29 is 19.4 Å².